The van der Waals surface area contributed by atoms with Gasteiger partial charge in [0, 0.05) is 37.9 Å². The minimum absolute atomic E-state index is 0.104. The monoisotopic (exact) mass is 384 g/mol. The Hall–Kier alpha value is -3.13. The molecule has 28 heavy (non-hydrogen) atoms. The summed E-state index contributed by atoms with van der Waals surface area (Å²) in [6.45, 7) is 4.90. The number of carbonyl (C=O) groups excluding carboxylic acids is 1. The molecule has 0 aromatic heterocycles. The van der Waals surface area contributed by atoms with Crippen LogP contribution in [0.2, 0.25) is 0 Å². The van der Waals surface area contributed by atoms with Crippen LogP contribution in [-0.4, -0.2) is 55.1 Å². The molecule has 1 saturated heterocycles. The molecule has 0 spiro atoms. The number of ether oxygens (including phenoxy) is 1. The van der Waals surface area contributed by atoms with Crippen molar-refractivity contribution in [2.75, 3.05) is 43.5 Å². The normalized spacial score (nSPS) is 15.7. The van der Waals surface area contributed by atoms with Crippen LogP contribution in [0.5, 0.6) is 5.75 Å². The third-order valence-corrected chi connectivity index (χ3v) is 5.04. The molecule has 2 aromatic rings. The fraction of sp³-hybridized carbons (Fsp3) is 0.350. The molecule has 1 fully saturated rings. The van der Waals surface area contributed by atoms with E-state index < -0.39 is 4.92 Å². The molecule has 2 aromatic carbocycles. The average molecular weight is 384 g/mol. The number of anilines is 2. The predicted octanol–water partition coefficient (Wildman–Crippen LogP) is 2.75. The van der Waals surface area contributed by atoms with E-state index >= 15 is 0 Å². The highest BCUT2D eigenvalue weighted by atomic mass is 16.6. The lowest BCUT2D eigenvalue weighted by Gasteiger charge is -2.38. The van der Waals surface area contributed by atoms with Gasteiger partial charge in [-0.05, 0) is 37.3 Å². The van der Waals surface area contributed by atoms with Crippen LogP contribution in [0.1, 0.15) is 6.92 Å². The number of methoxy groups -OCH3 is 1. The second-order valence-electron chi connectivity index (χ2n) is 6.66. The van der Waals surface area contributed by atoms with Gasteiger partial charge in [-0.3, -0.25) is 19.8 Å². The second kappa shape index (κ2) is 8.71. The van der Waals surface area contributed by atoms with Crippen LogP contribution in [0.3, 0.4) is 0 Å². The number of para-hydroxylation sites is 2. The van der Waals surface area contributed by atoms with Crippen molar-refractivity contribution in [2.45, 2.75) is 13.0 Å². The molecular formula is C20H24N4O4. The van der Waals surface area contributed by atoms with Gasteiger partial charge in [-0.1, -0.05) is 12.1 Å². The van der Waals surface area contributed by atoms with Crippen molar-refractivity contribution >= 4 is 23.0 Å². The van der Waals surface area contributed by atoms with Crippen molar-refractivity contribution in [2.24, 2.45) is 0 Å². The number of nitrogens with one attached hydrogen (secondary N) is 1. The summed E-state index contributed by atoms with van der Waals surface area (Å²) in [5, 5.41) is 13.8. The number of nitro benzene ring substituents is 1. The van der Waals surface area contributed by atoms with Gasteiger partial charge < -0.3 is 15.0 Å². The minimum Gasteiger partial charge on any atom is -0.497 e. The van der Waals surface area contributed by atoms with E-state index in [0.717, 1.165) is 37.6 Å². The van der Waals surface area contributed by atoms with Gasteiger partial charge in [0.25, 0.3) is 5.69 Å². The molecule has 0 saturated carbocycles. The molecule has 1 aliphatic heterocycles. The summed E-state index contributed by atoms with van der Waals surface area (Å²) in [6.07, 6.45) is 0. The smallest absolute Gasteiger partial charge is 0.292 e. The zero-order chi connectivity index (χ0) is 20.1. The van der Waals surface area contributed by atoms with Gasteiger partial charge in [0.2, 0.25) is 5.91 Å². The van der Waals surface area contributed by atoms with Gasteiger partial charge in [-0.2, -0.15) is 0 Å². The first kappa shape index (κ1) is 19.6. The number of hydrogen-bond donors (Lipinski definition) is 1. The number of nitrogens with zero attached hydrogens (tertiary/aromatic N) is 3. The summed E-state index contributed by atoms with van der Waals surface area (Å²) in [6, 6.07) is 13.7. The van der Waals surface area contributed by atoms with E-state index in [-0.39, 0.29) is 23.3 Å². The van der Waals surface area contributed by atoms with Crippen LogP contribution in [0, 0.1) is 10.1 Å². The lowest BCUT2D eigenvalue weighted by Crippen LogP contribution is -2.52. The van der Waals surface area contributed by atoms with Crippen LogP contribution < -0.4 is 15.0 Å². The molecule has 0 radical (unpaired) electrons. The molecule has 1 atom stereocenters. The average Bonchev–Trinajstić information content (AvgIpc) is 2.73. The number of rotatable bonds is 6. The maximum absolute atomic E-state index is 12.6. The fourth-order valence-electron chi connectivity index (χ4n) is 3.30. The molecule has 1 amide bonds. The van der Waals surface area contributed by atoms with Crippen LogP contribution in [-0.2, 0) is 4.79 Å². The maximum atomic E-state index is 12.6. The van der Waals surface area contributed by atoms with Crippen LogP contribution in [0.4, 0.5) is 17.1 Å². The predicted molar refractivity (Wildman–Crippen MR) is 108 cm³/mol. The van der Waals surface area contributed by atoms with Crippen LogP contribution in [0.15, 0.2) is 48.5 Å². The third kappa shape index (κ3) is 4.40. The Balaban J connectivity index is 1.58. The van der Waals surface area contributed by atoms with Gasteiger partial charge in [0.15, 0.2) is 0 Å². The molecule has 0 aliphatic carbocycles. The Morgan fingerprint density at radius 3 is 2.36 bits per heavy atom. The molecule has 1 aliphatic rings. The number of nitro groups is 1. The summed E-state index contributed by atoms with van der Waals surface area (Å²) in [7, 11) is 1.64. The fourth-order valence-corrected chi connectivity index (χ4v) is 3.30. The summed E-state index contributed by atoms with van der Waals surface area (Å²) in [5.41, 5.74) is 1.24. The molecule has 1 N–H and O–H groups in total. The molecule has 0 bridgehead atoms. The first-order valence-electron chi connectivity index (χ1n) is 9.17. The van der Waals surface area contributed by atoms with Crippen molar-refractivity contribution in [3.8, 4) is 5.75 Å². The number of carbonyl (C=O) groups is 1. The third-order valence-electron chi connectivity index (χ3n) is 5.04. The minimum atomic E-state index is -0.492. The van der Waals surface area contributed by atoms with Gasteiger partial charge in [-0.15, -0.1) is 0 Å². The zero-order valence-corrected chi connectivity index (χ0v) is 16.0. The zero-order valence-electron chi connectivity index (χ0n) is 16.0. The largest absolute Gasteiger partial charge is 0.497 e. The standard InChI is InChI=1S/C20H24N4O4/c1-15(20(25)21-18-5-3-4-6-19(18)24(26)27)22-11-13-23(14-12-22)16-7-9-17(28-2)10-8-16/h3-10,15H,11-14H2,1-2H3,(H,21,25)/t15-/m1/s1. The Kier molecular flexibility index (Phi) is 6.10. The van der Waals surface area contributed by atoms with Gasteiger partial charge in [0.05, 0.1) is 18.1 Å². The van der Waals surface area contributed by atoms with E-state index in [9.17, 15) is 14.9 Å². The lowest BCUT2D eigenvalue weighted by molar-refractivity contribution is -0.383. The van der Waals surface area contributed by atoms with Gasteiger partial charge in [-0.25, -0.2) is 0 Å². The van der Waals surface area contributed by atoms with Crippen molar-refractivity contribution in [3.63, 3.8) is 0 Å². The Morgan fingerprint density at radius 1 is 1.11 bits per heavy atom. The molecule has 3 rings (SSSR count). The van der Waals surface area contributed by atoms with E-state index in [4.69, 9.17) is 4.74 Å². The number of amides is 1. The molecule has 8 nitrogen and oxygen atoms in total. The number of piperazine rings is 1. The van der Waals surface area contributed by atoms with Gasteiger partial charge >= 0.3 is 0 Å². The molecule has 8 heteroatoms. The summed E-state index contributed by atoms with van der Waals surface area (Å²) in [4.78, 5) is 27.6. The molecule has 1 heterocycles. The van der Waals surface area contributed by atoms with Crippen molar-refractivity contribution in [1.29, 1.82) is 0 Å². The van der Waals surface area contributed by atoms with Crippen molar-refractivity contribution in [1.82, 2.24) is 4.90 Å². The first-order valence-corrected chi connectivity index (χ1v) is 9.17. The maximum Gasteiger partial charge on any atom is 0.292 e. The van der Waals surface area contributed by atoms with Crippen molar-refractivity contribution < 1.29 is 14.5 Å². The van der Waals surface area contributed by atoms with E-state index in [1.807, 2.05) is 31.2 Å². The first-order chi connectivity index (χ1) is 13.5. The van der Waals surface area contributed by atoms with Crippen LogP contribution >= 0.6 is 0 Å². The highest BCUT2D eigenvalue weighted by molar-refractivity contribution is 5.96. The molecular weight excluding hydrogens is 360 g/mol. The highest BCUT2D eigenvalue weighted by Gasteiger charge is 2.27. The lowest BCUT2D eigenvalue weighted by atomic mass is 10.2. The second-order valence-corrected chi connectivity index (χ2v) is 6.66. The van der Waals surface area contributed by atoms with E-state index in [1.165, 1.54) is 6.07 Å². The number of benzene rings is 2. The summed E-state index contributed by atoms with van der Waals surface area (Å²) < 4.78 is 5.19. The van der Waals surface area contributed by atoms with E-state index in [1.54, 1.807) is 25.3 Å². The Labute approximate surface area is 163 Å². The topological polar surface area (TPSA) is 88.0 Å². The van der Waals surface area contributed by atoms with E-state index in [2.05, 4.69) is 15.1 Å². The highest BCUT2D eigenvalue weighted by Crippen LogP contribution is 2.24. The number of hydrogen-bond acceptors (Lipinski definition) is 6. The summed E-state index contributed by atoms with van der Waals surface area (Å²) in [5.74, 6) is 0.579. The summed E-state index contributed by atoms with van der Waals surface area (Å²) >= 11 is 0. The molecule has 0 unspecified atom stereocenters. The quantitative estimate of drug-likeness (QED) is 0.609. The van der Waals surface area contributed by atoms with Gasteiger partial charge in [0.1, 0.15) is 11.4 Å². The van der Waals surface area contributed by atoms with Crippen LogP contribution in [0.25, 0.3) is 0 Å². The molecule has 148 valence electrons. The Bertz CT molecular complexity index is 832. The Morgan fingerprint density at radius 2 is 1.75 bits per heavy atom. The van der Waals surface area contributed by atoms with E-state index in [0.29, 0.717) is 0 Å². The van der Waals surface area contributed by atoms with Crippen molar-refractivity contribution in [3.05, 3.63) is 58.6 Å². The SMILES string of the molecule is COc1ccc(N2CCN([C@H](C)C(=O)Nc3ccccc3[N+](=O)[O-])CC2)cc1.